The average Bonchev–Trinajstić information content (AvgIpc) is 3.09. The molecule has 7 heteroatoms. The van der Waals surface area contributed by atoms with Crippen LogP contribution in [0.1, 0.15) is 25.6 Å². The number of carbonyl (C=O) groups excluding carboxylic acids is 2. The van der Waals surface area contributed by atoms with Crippen molar-refractivity contribution < 1.29 is 18.7 Å². The number of nitrogens with zero attached hydrogens (tertiary/aromatic N) is 1. The third-order valence-electron chi connectivity index (χ3n) is 4.30. The molecule has 0 saturated carbocycles. The lowest BCUT2D eigenvalue weighted by Crippen LogP contribution is -2.46. The van der Waals surface area contributed by atoms with Crippen LogP contribution in [0.15, 0.2) is 52.1 Å². The summed E-state index contributed by atoms with van der Waals surface area (Å²) in [6.07, 6.45) is 0. The van der Waals surface area contributed by atoms with Gasteiger partial charge in [-0.2, -0.15) is 0 Å². The Balaban J connectivity index is 2.03. The van der Waals surface area contributed by atoms with Crippen molar-refractivity contribution in [2.75, 3.05) is 13.7 Å². The van der Waals surface area contributed by atoms with E-state index in [2.05, 4.69) is 5.32 Å². The van der Waals surface area contributed by atoms with Gasteiger partial charge in [0.15, 0.2) is 0 Å². The van der Waals surface area contributed by atoms with Crippen LogP contribution >= 0.6 is 11.6 Å². The number of furan rings is 1. The zero-order chi connectivity index (χ0) is 18.8. The average molecular weight is 375 g/mol. The van der Waals surface area contributed by atoms with E-state index in [1.165, 1.54) is 4.90 Å². The number of hydrogen-bond acceptors (Lipinski definition) is 4. The summed E-state index contributed by atoms with van der Waals surface area (Å²) in [6.45, 7) is 3.68. The van der Waals surface area contributed by atoms with Gasteiger partial charge >= 0.3 is 12.0 Å². The van der Waals surface area contributed by atoms with Crippen molar-refractivity contribution >= 4 is 23.6 Å². The second-order valence-corrected chi connectivity index (χ2v) is 6.25. The van der Waals surface area contributed by atoms with Gasteiger partial charge in [0.1, 0.15) is 17.6 Å². The summed E-state index contributed by atoms with van der Waals surface area (Å²) in [7, 11) is 1.59. The van der Waals surface area contributed by atoms with E-state index >= 15 is 0 Å². The van der Waals surface area contributed by atoms with Crippen molar-refractivity contribution in [3.8, 4) is 11.3 Å². The molecular weight excluding hydrogens is 356 g/mol. The van der Waals surface area contributed by atoms with Crippen molar-refractivity contribution in [2.45, 2.75) is 19.9 Å². The molecular formula is C19H19ClN2O4. The molecule has 1 aromatic carbocycles. The van der Waals surface area contributed by atoms with E-state index in [9.17, 15) is 9.59 Å². The Hall–Kier alpha value is -2.73. The highest BCUT2D eigenvalue weighted by Crippen LogP contribution is 2.35. The lowest BCUT2D eigenvalue weighted by atomic mass is 10.00. The van der Waals surface area contributed by atoms with Crippen LogP contribution in [-0.4, -0.2) is 30.6 Å². The first-order valence-corrected chi connectivity index (χ1v) is 8.58. The summed E-state index contributed by atoms with van der Waals surface area (Å²) in [5.41, 5.74) is 1.60. The zero-order valence-electron chi connectivity index (χ0n) is 14.7. The number of hydrogen-bond donors (Lipinski definition) is 1. The minimum absolute atomic E-state index is 0.239. The van der Waals surface area contributed by atoms with Gasteiger partial charge in [-0.25, -0.2) is 9.59 Å². The van der Waals surface area contributed by atoms with E-state index in [-0.39, 0.29) is 12.6 Å². The third-order valence-corrected chi connectivity index (χ3v) is 4.63. The fraction of sp³-hybridized carbons (Fsp3) is 0.263. The van der Waals surface area contributed by atoms with Crippen molar-refractivity contribution in [1.29, 1.82) is 0 Å². The number of urea groups is 1. The predicted octanol–water partition coefficient (Wildman–Crippen LogP) is 4.13. The van der Waals surface area contributed by atoms with Gasteiger partial charge in [0.05, 0.1) is 17.2 Å². The lowest BCUT2D eigenvalue weighted by molar-refractivity contribution is -0.139. The van der Waals surface area contributed by atoms with Gasteiger partial charge in [0.2, 0.25) is 0 Å². The van der Waals surface area contributed by atoms with Gasteiger partial charge in [-0.1, -0.05) is 23.7 Å². The van der Waals surface area contributed by atoms with Gasteiger partial charge in [0, 0.05) is 18.3 Å². The second-order valence-electron chi connectivity index (χ2n) is 5.84. The van der Waals surface area contributed by atoms with Gasteiger partial charge in [-0.15, -0.1) is 0 Å². The van der Waals surface area contributed by atoms with E-state index in [0.717, 1.165) is 5.56 Å². The highest BCUT2D eigenvalue weighted by atomic mass is 35.5. The van der Waals surface area contributed by atoms with E-state index < -0.39 is 12.0 Å². The number of halogens is 1. The first-order chi connectivity index (χ1) is 12.4. The molecule has 1 atom stereocenters. The Bertz CT molecular complexity index is 887. The molecule has 0 bridgehead atoms. The number of nitrogens with one attached hydrogen (secondary N) is 1. The molecule has 0 radical (unpaired) electrons. The molecule has 2 aromatic rings. The van der Waals surface area contributed by atoms with Crippen LogP contribution in [0.4, 0.5) is 4.79 Å². The minimum atomic E-state index is -0.728. The summed E-state index contributed by atoms with van der Waals surface area (Å²) in [6, 6.07) is 9.73. The molecule has 1 aliphatic heterocycles. The molecule has 0 aliphatic carbocycles. The highest BCUT2D eigenvalue weighted by molar-refractivity contribution is 6.33. The Morgan fingerprint density at radius 3 is 2.73 bits per heavy atom. The van der Waals surface area contributed by atoms with Gasteiger partial charge in [0.25, 0.3) is 0 Å². The largest absolute Gasteiger partial charge is 0.463 e. The van der Waals surface area contributed by atoms with Crippen LogP contribution in [0, 0.1) is 0 Å². The maximum Gasteiger partial charge on any atom is 0.338 e. The van der Waals surface area contributed by atoms with Crippen LogP contribution in [0.25, 0.3) is 11.3 Å². The number of amides is 2. The highest BCUT2D eigenvalue weighted by Gasteiger charge is 2.36. The Morgan fingerprint density at radius 2 is 2.04 bits per heavy atom. The molecule has 0 spiro atoms. The fourth-order valence-electron chi connectivity index (χ4n) is 2.84. The lowest BCUT2D eigenvalue weighted by Gasteiger charge is -2.31. The molecule has 0 saturated heterocycles. The minimum Gasteiger partial charge on any atom is -0.463 e. The molecule has 1 aromatic heterocycles. The molecule has 26 heavy (non-hydrogen) atoms. The maximum atomic E-state index is 12.5. The summed E-state index contributed by atoms with van der Waals surface area (Å²) in [4.78, 5) is 26.0. The van der Waals surface area contributed by atoms with E-state index in [1.54, 1.807) is 39.1 Å². The van der Waals surface area contributed by atoms with E-state index in [0.29, 0.717) is 27.8 Å². The maximum absolute atomic E-state index is 12.5. The molecule has 0 unspecified atom stereocenters. The molecule has 136 valence electrons. The first kappa shape index (κ1) is 18.1. The van der Waals surface area contributed by atoms with Crippen molar-refractivity contribution in [3.05, 3.63) is 58.5 Å². The normalized spacial score (nSPS) is 17.3. The quantitative estimate of drug-likeness (QED) is 0.816. The summed E-state index contributed by atoms with van der Waals surface area (Å²) >= 11 is 6.22. The van der Waals surface area contributed by atoms with Gasteiger partial charge < -0.3 is 19.4 Å². The molecule has 0 fully saturated rings. The van der Waals surface area contributed by atoms with Crippen molar-refractivity contribution in [2.24, 2.45) is 0 Å². The Morgan fingerprint density at radius 1 is 1.31 bits per heavy atom. The monoisotopic (exact) mass is 374 g/mol. The van der Waals surface area contributed by atoms with Gasteiger partial charge in [-0.3, -0.25) is 0 Å². The van der Waals surface area contributed by atoms with Gasteiger partial charge in [-0.05, 0) is 38.1 Å². The Kier molecular flexibility index (Phi) is 5.04. The zero-order valence-corrected chi connectivity index (χ0v) is 15.5. The first-order valence-electron chi connectivity index (χ1n) is 8.20. The molecule has 1 N–H and O–H groups in total. The standard InChI is InChI=1S/C19H19ClN2O4/c1-4-25-18(23)16-11(2)22(3)19(24)21-17(16)15-10-9-14(26-15)12-7-5-6-8-13(12)20/h5-10,17H,4H2,1-3H3,(H,21,24)/t17-/m0/s1. The number of ether oxygens (including phenoxy) is 1. The van der Waals surface area contributed by atoms with Crippen LogP contribution in [0.5, 0.6) is 0 Å². The Labute approximate surface area is 156 Å². The summed E-state index contributed by atoms with van der Waals surface area (Å²) < 4.78 is 11.1. The molecule has 2 heterocycles. The van der Waals surface area contributed by atoms with Crippen LogP contribution in [0.3, 0.4) is 0 Å². The molecule has 1 aliphatic rings. The fourth-order valence-corrected chi connectivity index (χ4v) is 3.06. The summed E-state index contributed by atoms with van der Waals surface area (Å²) in [5, 5.41) is 3.34. The van der Waals surface area contributed by atoms with E-state index in [4.69, 9.17) is 20.8 Å². The van der Waals surface area contributed by atoms with Crippen molar-refractivity contribution in [3.63, 3.8) is 0 Å². The number of rotatable bonds is 4. The molecule has 2 amide bonds. The van der Waals surface area contributed by atoms with E-state index in [1.807, 2.05) is 18.2 Å². The number of allylic oxidation sites excluding steroid dienone is 1. The smallest absolute Gasteiger partial charge is 0.338 e. The van der Waals surface area contributed by atoms with Crippen LogP contribution in [-0.2, 0) is 9.53 Å². The number of carbonyl (C=O) groups is 2. The summed E-state index contributed by atoms with van der Waals surface area (Å²) in [5.74, 6) is 0.501. The second kappa shape index (κ2) is 7.25. The van der Waals surface area contributed by atoms with Crippen LogP contribution in [0.2, 0.25) is 5.02 Å². The third kappa shape index (κ3) is 3.20. The van der Waals surface area contributed by atoms with Crippen molar-refractivity contribution in [1.82, 2.24) is 10.2 Å². The molecule has 3 rings (SSSR count). The SMILES string of the molecule is CCOC(=O)C1=C(C)N(C)C(=O)N[C@H]1c1ccc(-c2ccccc2Cl)o1. The number of benzene rings is 1. The predicted molar refractivity (Wildman–Crippen MR) is 97.5 cm³/mol. The molecule has 6 nitrogen and oxygen atoms in total. The topological polar surface area (TPSA) is 71.8 Å². The van der Waals surface area contributed by atoms with Crippen LogP contribution < -0.4 is 5.32 Å². The number of esters is 1.